The molecule has 4 aromatic carbocycles. The van der Waals surface area contributed by atoms with E-state index < -0.39 is 10.7 Å². The van der Waals surface area contributed by atoms with Crippen LogP contribution in [0, 0.1) is 34.8 Å². The third-order valence-corrected chi connectivity index (χ3v) is 13.8. The normalized spacial score (nSPS) is 23.0. The Morgan fingerprint density at radius 1 is 0.937 bits per heavy atom. The van der Waals surface area contributed by atoms with Gasteiger partial charge in [0, 0.05) is 53.8 Å². The Morgan fingerprint density at radius 2 is 1.73 bits per heavy atom. The van der Waals surface area contributed by atoms with Crippen LogP contribution in [0.2, 0.25) is 0 Å². The van der Waals surface area contributed by atoms with Crippen molar-refractivity contribution >= 4 is 33.9 Å². The van der Waals surface area contributed by atoms with E-state index in [1.54, 1.807) is 30.0 Å². The third-order valence-electron chi connectivity index (χ3n) is 12.5. The molecule has 328 valence electrons. The van der Waals surface area contributed by atoms with Gasteiger partial charge < -0.3 is 29.3 Å². The van der Waals surface area contributed by atoms with Crippen LogP contribution < -0.4 is 9.47 Å². The number of nitro benzene ring substituents is 1. The number of aliphatic hydroxyl groups excluding tert-OH is 2. The van der Waals surface area contributed by atoms with Crippen molar-refractivity contribution in [3.8, 4) is 11.5 Å². The van der Waals surface area contributed by atoms with Crippen LogP contribution in [0.3, 0.4) is 0 Å². The van der Waals surface area contributed by atoms with Gasteiger partial charge in [-0.15, -0.1) is 18.3 Å². The van der Waals surface area contributed by atoms with Gasteiger partial charge in [0.15, 0.2) is 0 Å². The van der Waals surface area contributed by atoms with Crippen molar-refractivity contribution in [2.24, 2.45) is 22.9 Å². The highest BCUT2D eigenvalue weighted by Gasteiger charge is 2.64. The first-order chi connectivity index (χ1) is 30.8. The number of thioether (sulfide) groups is 1. The molecule has 1 fully saturated rings. The van der Waals surface area contributed by atoms with Crippen molar-refractivity contribution in [1.82, 2.24) is 4.98 Å². The average molecular weight is 870 g/mol. The summed E-state index contributed by atoms with van der Waals surface area (Å²) in [5.74, 6) is 0.0733. The monoisotopic (exact) mass is 869 g/mol. The standard InChI is InChI=1S/C51H55N3O8S/c1-3-27-60-51-48(63-42-23-19-36-12-4-5-13-37(36)28-42)31-46(53-61-32-35-17-20-40(21-18-35)54(57)58)44-29-38(14-6-8-25-55)43(16-7-9-26-56)49(50(44)51)45-30-41(22-24-47(45)62-51)59-33-39-15-10-11-34(2)52-39/h3-5,10-13,15,17-24,28-30,38,43,48-50,55-56H,1,6-9,14,16,25-27,31-33H2,2H3/t38-,43+,48-,49+,50+,51+/m0/s1. The number of hydrogen-bond donors (Lipinski definition) is 2. The van der Waals surface area contributed by atoms with Gasteiger partial charge in [-0.25, -0.2) is 0 Å². The van der Waals surface area contributed by atoms with Gasteiger partial charge in [0.05, 0.1) is 34.1 Å². The van der Waals surface area contributed by atoms with E-state index in [-0.39, 0.29) is 61.0 Å². The van der Waals surface area contributed by atoms with Gasteiger partial charge in [-0.2, -0.15) is 0 Å². The Morgan fingerprint density at radius 3 is 2.49 bits per heavy atom. The number of hydrogen-bond acceptors (Lipinski definition) is 11. The lowest BCUT2D eigenvalue weighted by atomic mass is 9.56. The summed E-state index contributed by atoms with van der Waals surface area (Å²) in [5, 5.41) is 38.2. The number of pyridine rings is 1. The molecule has 11 nitrogen and oxygen atoms in total. The molecule has 1 saturated carbocycles. The van der Waals surface area contributed by atoms with Crippen LogP contribution in [0.4, 0.5) is 5.69 Å². The van der Waals surface area contributed by atoms with Crippen molar-refractivity contribution in [3.63, 3.8) is 0 Å². The van der Waals surface area contributed by atoms with E-state index in [2.05, 4.69) is 54.0 Å². The van der Waals surface area contributed by atoms with Crippen molar-refractivity contribution < 1.29 is 34.2 Å². The number of aliphatic hydroxyl groups is 2. The number of nitro groups is 1. The Kier molecular flexibility index (Phi) is 14.2. The van der Waals surface area contributed by atoms with Gasteiger partial charge in [-0.3, -0.25) is 15.1 Å². The van der Waals surface area contributed by atoms with E-state index in [1.165, 1.54) is 12.1 Å². The van der Waals surface area contributed by atoms with E-state index in [0.29, 0.717) is 31.6 Å². The SMILES string of the molecule is C=CCO[C@@]12Oc3ccc(OCc4cccc(C)n4)cc3[C@H]3[C@H](CCCCO)[C@@H](CCCCO)C=C(C(=NOCc4ccc([N+](=O)[O-])cc4)C[C@@H]1Sc1ccc4ccccc4c1)[C@H]32. The molecule has 6 atom stereocenters. The second-order valence-electron chi connectivity index (χ2n) is 16.6. The summed E-state index contributed by atoms with van der Waals surface area (Å²) in [7, 11) is 0. The molecule has 0 bridgehead atoms. The molecule has 8 rings (SSSR count). The van der Waals surface area contributed by atoms with Crippen LogP contribution in [-0.4, -0.2) is 56.7 Å². The quantitative estimate of drug-likeness (QED) is 0.0335. The summed E-state index contributed by atoms with van der Waals surface area (Å²) in [6, 6.07) is 33.2. The Labute approximate surface area is 373 Å². The molecule has 0 saturated heterocycles. The molecule has 3 aliphatic rings. The van der Waals surface area contributed by atoms with E-state index in [0.717, 1.165) is 80.9 Å². The lowest BCUT2D eigenvalue weighted by molar-refractivity contribution is -0.384. The minimum atomic E-state index is -1.16. The molecule has 2 heterocycles. The number of oxime groups is 1. The van der Waals surface area contributed by atoms with Gasteiger partial charge in [0.25, 0.3) is 5.69 Å². The first-order valence-corrected chi connectivity index (χ1v) is 22.8. The fourth-order valence-electron chi connectivity index (χ4n) is 9.66. The van der Waals surface area contributed by atoms with E-state index in [4.69, 9.17) is 24.2 Å². The summed E-state index contributed by atoms with van der Waals surface area (Å²) in [5.41, 5.74) is 5.38. The molecule has 1 aromatic heterocycles. The highest BCUT2D eigenvalue weighted by molar-refractivity contribution is 8.00. The van der Waals surface area contributed by atoms with Gasteiger partial charge in [0.1, 0.15) is 24.7 Å². The number of benzene rings is 4. The number of aromatic nitrogens is 1. The maximum atomic E-state index is 11.4. The summed E-state index contributed by atoms with van der Waals surface area (Å²) in [6.45, 7) is 6.96. The minimum Gasteiger partial charge on any atom is -0.487 e. The van der Waals surface area contributed by atoms with Gasteiger partial charge >= 0.3 is 0 Å². The van der Waals surface area contributed by atoms with E-state index >= 15 is 0 Å². The fourth-order valence-corrected chi connectivity index (χ4v) is 11.0. The molecule has 63 heavy (non-hydrogen) atoms. The van der Waals surface area contributed by atoms with Crippen LogP contribution in [0.15, 0.2) is 137 Å². The Bertz CT molecular complexity index is 2460. The van der Waals surface area contributed by atoms with E-state index in [1.807, 2.05) is 49.4 Å². The third kappa shape index (κ3) is 9.84. The predicted octanol–water partition coefficient (Wildman–Crippen LogP) is 10.7. The highest BCUT2D eigenvalue weighted by Crippen LogP contribution is 2.63. The zero-order chi connectivity index (χ0) is 43.8. The van der Waals surface area contributed by atoms with Gasteiger partial charge in [-0.05, 0) is 121 Å². The zero-order valence-electron chi connectivity index (χ0n) is 35.6. The van der Waals surface area contributed by atoms with Crippen molar-refractivity contribution in [1.29, 1.82) is 0 Å². The molecule has 12 heteroatoms. The molecule has 0 spiro atoms. The summed E-state index contributed by atoms with van der Waals surface area (Å²) >= 11 is 1.71. The number of allylic oxidation sites excluding steroid dienone is 1. The zero-order valence-corrected chi connectivity index (χ0v) is 36.5. The first-order valence-electron chi connectivity index (χ1n) is 21.9. The predicted molar refractivity (Wildman–Crippen MR) is 246 cm³/mol. The maximum absolute atomic E-state index is 11.4. The molecule has 0 radical (unpaired) electrons. The number of fused-ring (bicyclic) bond motifs is 3. The first kappa shape index (κ1) is 44.1. The van der Waals surface area contributed by atoms with Gasteiger partial charge in [-0.1, -0.05) is 66.5 Å². The maximum Gasteiger partial charge on any atom is 0.269 e. The Hall–Kier alpha value is -5.53. The molecule has 0 amide bonds. The van der Waals surface area contributed by atoms with Gasteiger partial charge in [0.2, 0.25) is 5.79 Å². The second kappa shape index (κ2) is 20.3. The van der Waals surface area contributed by atoms with Crippen LogP contribution >= 0.6 is 11.8 Å². The molecular weight excluding hydrogens is 815 g/mol. The fraction of sp³-hybridized carbons (Fsp3) is 0.373. The number of nitrogens with zero attached hydrogens (tertiary/aromatic N) is 3. The van der Waals surface area contributed by atoms with Crippen LogP contribution in [-0.2, 0) is 22.8 Å². The molecule has 2 aliphatic carbocycles. The molecule has 2 N–H and O–H groups in total. The number of aryl methyl sites for hydroxylation is 1. The number of rotatable bonds is 20. The summed E-state index contributed by atoms with van der Waals surface area (Å²) in [4.78, 5) is 22.9. The molecular formula is C51H55N3O8S. The molecule has 0 unspecified atom stereocenters. The minimum absolute atomic E-state index is 0.0129. The van der Waals surface area contributed by atoms with Crippen molar-refractivity contribution in [2.75, 3.05) is 19.8 Å². The summed E-state index contributed by atoms with van der Waals surface area (Å²) < 4.78 is 21.0. The smallest absolute Gasteiger partial charge is 0.269 e. The Balaban J connectivity index is 1.27. The number of unbranched alkanes of at least 4 members (excludes halogenated alkanes) is 2. The number of ether oxygens (including phenoxy) is 3. The average Bonchev–Trinajstić information content (AvgIpc) is 3.29. The van der Waals surface area contributed by atoms with Crippen LogP contribution in [0.25, 0.3) is 10.8 Å². The van der Waals surface area contributed by atoms with Crippen LogP contribution in [0.1, 0.15) is 73.4 Å². The van der Waals surface area contributed by atoms with E-state index in [9.17, 15) is 20.3 Å². The summed E-state index contributed by atoms with van der Waals surface area (Å²) in [6.07, 6.45) is 9.38. The van der Waals surface area contributed by atoms with Crippen molar-refractivity contribution in [3.05, 3.63) is 160 Å². The largest absolute Gasteiger partial charge is 0.487 e. The lowest BCUT2D eigenvalue weighted by Crippen LogP contribution is -2.64. The molecule has 5 aromatic rings. The van der Waals surface area contributed by atoms with Crippen molar-refractivity contribution in [2.45, 2.75) is 86.9 Å². The second-order valence-corrected chi connectivity index (χ2v) is 17.9. The lowest BCUT2D eigenvalue weighted by Gasteiger charge is -2.58. The number of non-ortho nitro benzene ring substituents is 1. The van der Waals surface area contributed by atoms with Crippen LogP contribution in [0.5, 0.6) is 11.5 Å². The highest BCUT2D eigenvalue weighted by atomic mass is 32.2. The topological polar surface area (TPSA) is 146 Å². The molecule has 1 aliphatic heterocycles.